The number of aryl methyl sites for hydroxylation is 1. The molecule has 0 amide bonds. The van der Waals surface area contributed by atoms with E-state index in [1.54, 1.807) is 18.3 Å². The Kier molecular flexibility index (Phi) is 6.00. The number of fused-ring (bicyclic) bond motifs is 1. The normalized spacial score (nSPS) is 14.3. The van der Waals surface area contributed by atoms with Crippen molar-refractivity contribution in [3.05, 3.63) is 67.5 Å². The maximum absolute atomic E-state index is 13.0. The molecule has 156 valence electrons. The monoisotopic (exact) mass is 523 g/mol. The second-order valence-corrected chi connectivity index (χ2v) is 8.17. The Balaban J connectivity index is 1.65. The number of ether oxygens (including phenoxy) is 1. The minimum absolute atomic E-state index is 0.0459. The highest BCUT2D eigenvalue weighted by Crippen LogP contribution is 2.23. The van der Waals surface area contributed by atoms with Crippen LogP contribution < -0.4 is 10.5 Å². The number of hydrogen-bond acceptors (Lipinski definition) is 6. The third-order valence-electron chi connectivity index (χ3n) is 5.04. The number of ketones is 1. The van der Waals surface area contributed by atoms with Crippen molar-refractivity contribution < 1.29 is 19.0 Å². The van der Waals surface area contributed by atoms with Crippen LogP contribution in [0.3, 0.4) is 0 Å². The van der Waals surface area contributed by atoms with Gasteiger partial charge >= 0.3 is 5.56 Å². The maximum atomic E-state index is 13.0. The zero-order valence-electron chi connectivity index (χ0n) is 16.0. The highest BCUT2D eigenvalue weighted by molar-refractivity contribution is 14.1. The van der Waals surface area contributed by atoms with Crippen molar-refractivity contribution in [2.24, 2.45) is 0 Å². The minimum Gasteiger partial charge on any atom is -0.501 e. The van der Waals surface area contributed by atoms with Crippen molar-refractivity contribution in [2.45, 2.75) is 12.8 Å². The van der Waals surface area contributed by atoms with E-state index in [2.05, 4.69) is 32.5 Å². The number of aromatic hydroxyl groups is 1. The lowest BCUT2D eigenvalue weighted by Gasteiger charge is -2.29. The van der Waals surface area contributed by atoms with E-state index in [-0.39, 0.29) is 17.9 Å². The number of anilines is 1. The molecule has 9 heteroatoms. The van der Waals surface area contributed by atoms with Crippen LogP contribution in [-0.4, -0.2) is 46.6 Å². The van der Waals surface area contributed by atoms with Gasteiger partial charge in [-0.1, -0.05) is 12.1 Å². The number of aromatic nitrogens is 2. The Hall–Kier alpha value is -2.53. The Morgan fingerprint density at radius 2 is 1.93 bits per heavy atom. The molecule has 7 nitrogen and oxygen atoms in total. The summed E-state index contributed by atoms with van der Waals surface area (Å²) in [5, 5.41) is 10.4. The molecule has 0 aliphatic carbocycles. The van der Waals surface area contributed by atoms with Crippen LogP contribution in [0, 0.1) is 9.39 Å². The predicted molar refractivity (Wildman–Crippen MR) is 118 cm³/mol. The minimum atomic E-state index is -0.682. The number of halogens is 2. The van der Waals surface area contributed by atoms with Crippen LogP contribution in [0.15, 0.2) is 41.3 Å². The molecule has 3 heterocycles. The van der Waals surface area contributed by atoms with Gasteiger partial charge in [-0.05, 0) is 52.8 Å². The molecule has 0 radical (unpaired) electrons. The molecule has 1 aliphatic heterocycles. The van der Waals surface area contributed by atoms with Crippen molar-refractivity contribution in [3.63, 3.8) is 0 Å². The molecular formula is C21H19FIN3O4. The van der Waals surface area contributed by atoms with E-state index in [9.17, 15) is 19.1 Å². The summed E-state index contributed by atoms with van der Waals surface area (Å²) in [7, 11) is 0. The van der Waals surface area contributed by atoms with Crippen molar-refractivity contribution in [1.29, 1.82) is 0 Å². The molecule has 1 fully saturated rings. The quantitative estimate of drug-likeness (QED) is 0.409. The number of benzene rings is 1. The molecule has 4 rings (SSSR count). The third-order valence-corrected chi connectivity index (χ3v) is 5.83. The molecular weight excluding hydrogens is 504 g/mol. The standard InChI is InChI=1S/C21H19FIN3O4/c22-14-4-1-13(2-5-14)3-6-17(27)18-19(28)21(29)26-12-15(11-16(23)20(26)24-18)25-7-9-30-10-8-25/h1-2,4-5,11-12,28H,3,6-10H2. The first-order chi connectivity index (χ1) is 14.4. The summed E-state index contributed by atoms with van der Waals surface area (Å²) in [5.41, 5.74) is 1.01. The fourth-order valence-corrected chi connectivity index (χ4v) is 4.09. The summed E-state index contributed by atoms with van der Waals surface area (Å²) in [6, 6.07) is 7.75. The highest BCUT2D eigenvalue weighted by atomic mass is 127. The number of hydrogen-bond donors (Lipinski definition) is 1. The zero-order valence-corrected chi connectivity index (χ0v) is 18.1. The zero-order chi connectivity index (χ0) is 21.3. The van der Waals surface area contributed by atoms with Crippen LogP contribution in [0.4, 0.5) is 10.1 Å². The van der Waals surface area contributed by atoms with Crippen molar-refractivity contribution in [3.8, 4) is 5.75 Å². The molecule has 0 saturated carbocycles. The van der Waals surface area contributed by atoms with E-state index in [1.165, 1.54) is 16.5 Å². The van der Waals surface area contributed by atoms with Crippen LogP contribution in [0.1, 0.15) is 22.5 Å². The molecule has 1 aromatic carbocycles. The van der Waals surface area contributed by atoms with Gasteiger partial charge in [0.2, 0.25) is 5.75 Å². The van der Waals surface area contributed by atoms with E-state index in [0.717, 1.165) is 11.3 Å². The Bertz CT molecular complexity index is 1160. The van der Waals surface area contributed by atoms with E-state index in [1.807, 2.05) is 6.07 Å². The molecule has 1 saturated heterocycles. The van der Waals surface area contributed by atoms with E-state index < -0.39 is 17.1 Å². The van der Waals surface area contributed by atoms with Crippen LogP contribution >= 0.6 is 22.6 Å². The molecule has 1 aliphatic rings. The summed E-state index contributed by atoms with van der Waals surface area (Å²) in [6.07, 6.45) is 2.03. The first-order valence-corrected chi connectivity index (χ1v) is 10.6. The highest BCUT2D eigenvalue weighted by Gasteiger charge is 2.21. The number of rotatable bonds is 5. The van der Waals surface area contributed by atoms with Gasteiger partial charge in [0.25, 0.3) is 0 Å². The largest absolute Gasteiger partial charge is 0.501 e. The molecule has 0 atom stereocenters. The average molecular weight is 523 g/mol. The van der Waals surface area contributed by atoms with Crippen LogP contribution in [0.25, 0.3) is 5.65 Å². The van der Waals surface area contributed by atoms with E-state index in [0.29, 0.717) is 41.9 Å². The molecule has 0 spiro atoms. The van der Waals surface area contributed by atoms with Gasteiger partial charge in [0.1, 0.15) is 5.82 Å². The Morgan fingerprint density at radius 3 is 2.63 bits per heavy atom. The topological polar surface area (TPSA) is 84.1 Å². The van der Waals surface area contributed by atoms with E-state index in [4.69, 9.17) is 4.74 Å². The Morgan fingerprint density at radius 1 is 1.23 bits per heavy atom. The lowest BCUT2D eigenvalue weighted by molar-refractivity contribution is 0.0975. The fraction of sp³-hybridized carbons (Fsp3) is 0.286. The fourth-order valence-electron chi connectivity index (χ4n) is 3.39. The lowest BCUT2D eigenvalue weighted by Crippen LogP contribution is -2.36. The van der Waals surface area contributed by atoms with Gasteiger partial charge in [-0.2, -0.15) is 0 Å². The van der Waals surface area contributed by atoms with Gasteiger partial charge in [0.15, 0.2) is 17.1 Å². The second-order valence-electron chi connectivity index (χ2n) is 7.00. The van der Waals surface area contributed by atoms with Crippen molar-refractivity contribution in [2.75, 3.05) is 31.2 Å². The lowest BCUT2D eigenvalue weighted by atomic mass is 10.1. The van der Waals surface area contributed by atoms with Crippen molar-refractivity contribution in [1.82, 2.24) is 9.38 Å². The third kappa shape index (κ3) is 4.17. The summed E-state index contributed by atoms with van der Waals surface area (Å²) >= 11 is 2.07. The number of pyridine rings is 1. The second kappa shape index (κ2) is 8.68. The van der Waals surface area contributed by atoms with Gasteiger partial charge in [-0.3, -0.25) is 14.0 Å². The summed E-state index contributed by atoms with van der Waals surface area (Å²) in [6.45, 7) is 2.62. The van der Waals surface area contributed by atoms with E-state index >= 15 is 0 Å². The van der Waals surface area contributed by atoms with Crippen LogP contribution in [0.2, 0.25) is 0 Å². The maximum Gasteiger partial charge on any atom is 0.300 e. The van der Waals surface area contributed by atoms with Gasteiger partial charge in [0.05, 0.1) is 22.5 Å². The Labute approximate surface area is 185 Å². The van der Waals surface area contributed by atoms with Gasteiger partial charge < -0.3 is 14.7 Å². The van der Waals surface area contributed by atoms with Gasteiger partial charge in [-0.25, -0.2) is 9.37 Å². The van der Waals surface area contributed by atoms with Crippen LogP contribution in [0.5, 0.6) is 5.75 Å². The molecule has 0 bridgehead atoms. The number of carbonyl (C=O) groups is 1. The summed E-state index contributed by atoms with van der Waals surface area (Å²) < 4.78 is 20.4. The molecule has 0 unspecified atom stereocenters. The van der Waals surface area contributed by atoms with Crippen molar-refractivity contribution >= 4 is 39.7 Å². The summed E-state index contributed by atoms with van der Waals surface area (Å²) in [4.78, 5) is 31.8. The predicted octanol–water partition coefficient (Wildman–Crippen LogP) is 2.80. The van der Waals surface area contributed by atoms with Gasteiger partial charge in [-0.15, -0.1) is 0 Å². The SMILES string of the molecule is O=C(CCc1ccc(F)cc1)c1nc2c(I)cc(N3CCOCC3)cn2c(=O)c1O. The smallest absolute Gasteiger partial charge is 0.300 e. The summed E-state index contributed by atoms with van der Waals surface area (Å²) in [5.74, 6) is -1.45. The number of morpholine rings is 1. The number of nitrogens with zero attached hydrogens (tertiary/aromatic N) is 3. The molecule has 1 N–H and O–H groups in total. The molecule has 2 aromatic heterocycles. The number of Topliss-reactive ketones (excluding diaryl/α,β-unsaturated/α-hetero) is 1. The first kappa shape index (κ1) is 20.7. The van der Waals surface area contributed by atoms with Crippen LogP contribution in [-0.2, 0) is 11.2 Å². The first-order valence-electron chi connectivity index (χ1n) is 9.49. The number of carbonyl (C=O) groups excluding carboxylic acids is 1. The molecule has 3 aromatic rings. The average Bonchev–Trinajstić information content (AvgIpc) is 2.76. The molecule has 30 heavy (non-hydrogen) atoms. The van der Waals surface area contributed by atoms with Gasteiger partial charge in [0, 0.05) is 25.7 Å².